The molecular weight excluding hydrogens is 268 g/mol. The Morgan fingerprint density at radius 1 is 1.44 bits per heavy atom. The van der Waals surface area contributed by atoms with Gasteiger partial charge in [0.05, 0.1) is 28.8 Å². The van der Waals surface area contributed by atoms with Crippen LogP contribution < -0.4 is 5.32 Å². The maximum absolute atomic E-state index is 11.8. The van der Waals surface area contributed by atoms with E-state index in [4.69, 9.17) is 16.9 Å². The van der Waals surface area contributed by atoms with Gasteiger partial charge in [-0.15, -0.1) is 11.3 Å². The normalized spacial score (nSPS) is 9.78. The summed E-state index contributed by atoms with van der Waals surface area (Å²) in [5.74, 6) is -0.121. The van der Waals surface area contributed by atoms with E-state index in [1.54, 1.807) is 12.1 Å². The van der Waals surface area contributed by atoms with Crippen LogP contribution in [0, 0.1) is 11.3 Å². The smallest absolute Gasteiger partial charge is 0.229 e. The maximum Gasteiger partial charge on any atom is 0.229 e. The molecular formula is C13H9ClN2OS. The van der Waals surface area contributed by atoms with Gasteiger partial charge in [-0.05, 0) is 29.6 Å². The van der Waals surface area contributed by atoms with Gasteiger partial charge in [0.25, 0.3) is 0 Å². The van der Waals surface area contributed by atoms with E-state index in [1.807, 2.05) is 23.6 Å². The molecule has 2 rings (SSSR count). The summed E-state index contributed by atoms with van der Waals surface area (Å²) in [5, 5.41) is 13.7. The van der Waals surface area contributed by atoms with E-state index in [2.05, 4.69) is 5.32 Å². The summed E-state index contributed by atoms with van der Waals surface area (Å²) in [6, 6.07) is 10.6. The van der Waals surface area contributed by atoms with E-state index < -0.39 is 0 Å². The Balaban J connectivity index is 2.05. The number of carbonyl (C=O) groups is 1. The number of nitriles is 1. The first kappa shape index (κ1) is 12.6. The van der Waals surface area contributed by atoms with E-state index in [0.717, 1.165) is 4.88 Å². The second-order valence-corrected chi connectivity index (χ2v) is 5.05. The SMILES string of the molecule is N#Cc1ccc(NC(=O)Cc2cccs2)c(Cl)c1. The molecule has 0 aliphatic heterocycles. The minimum absolute atomic E-state index is 0.121. The fourth-order valence-electron chi connectivity index (χ4n) is 1.45. The van der Waals surface area contributed by atoms with Crippen molar-refractivity contribution in [2.75, 3.05) is 5.32 Å². The molecule has 0 aliphatic rings. The summed E-state index contributed by atoms with van der Waals surface area (Å²) in [7, 11) is 0. The number of nitrogens with zero attached hydrogens (tertiary/aromatic N) is 1. The topological polar surface area (TPSA) is 52.9 Å². The number of thiophene rings is 1. The van der Waals surface area contributed by atoms with E-state index in [-0.39, 0.29) is 5.91 Å². The lowest BCUT2D eigenvalue weighted by Crippen LogP contribution is -2.14. The Morgan fingerprint density at radius 3 is 2.89 bits per heavy atom. The molecule has 0 radical (unpaired) electrons. The molecule has 1 aromatic heterocycles. The number of hydrogen-bond acceptors (Lipinski definition) is 3. The molecule has 0 fully saturated rings. The van der Waals surface area contributed by atoms with Crippen molar-refractivity contribution >= 4 is 34.5 Å². The van der Waals surface area contributed by atoms with Gasteiger partial charge in [0, 0.05) is 4.88 Å². The van der Waals surface area contributed by atoms with Crippen LogP contribution in [-0.4, -0.2) is 5.91 Å². The molecule has 1 N–H and O–H groups in total. The molecule has 0 unspecified atom stereocenters. The van der Waals surface area contributed by atoms with Crippen molar-refractivity contribution in [2.45, 2.75) is 6.42 Å². The summed E-state index contributed by atoms with van der Waals surface area (Å²) in [6.45, 7) is 0. The van der Waals surface area contributed by atoms with Crippen molar-refractivity contribution in [3.8, 4) is 6.07 Å². The van der Waals surface area contributed by atoms with Gasteiger partial charge < -0.3 is 5.32 Å². The highest BCUT2D eigenvalue weighted by atomic mass is 35.5. The van der Waals surface area contributed by atoms with E-state index in [0.29, 0.717) is 22.7 Å². The molecule has 0 aliphatic carbocycles. The van der Waals surface area contributed by atoms with Crippen molar-refractivity contribution < 1.29 is 4.79 Å². The van der Waals surface area contributed by atoms with Crippen LogP contribution in [0.4, 0.5) is 5.69 Å². The molecule has 1 amide bonds. The van der Waals surface area contributed by atoms with Crippen molar-refractivity contribution in [1.82, 2.24) is 0 Å². The standard InChI is InChI=1S/C13H9ClN2OS/c14-11-6-9(8-15)3-4-12(11)16-13(17)7-10-2-1-5-18-10/h1-6H,7H2,(H,16,17). The fraction of sp³-hybridized carbons (Fsp3) is 0.0769. The van der Waals surface area contributed by atoms with Gasteiger partial charge in [0.2, 0.25) is 5.91 Å². The molecule has 0 atom stereocenters. The predicted molar refractivity (Wildman–Crippen MR) is 72.8 cm³/mol. The van der Waals surface area contributed by atoms with Crippen LogP contribution in [0.15, 0.2) is 35.7 Å². The number of anilines is 1. The van der Waals surface area contributed by atoms with Crippen molar-refractivity contribution in [3.63, 3.8) is 0 Å². The first-order valence-corrected chi connectivity index (χ1v) is 6.46. The molecule has 5 heteroatoms. The van der Waals surface area contributed by atoms with Gasteiger partial charge in [-0.3, -0.25) is 4.79 Å². The Kier molecular flexibility index (Phi) is 3.98. The Hall–Kier alpha value is -1.83. The van der Waals surface area contributed by atoms with Gasteiger partial charge in [-0.1, -0.05) is 17.7 Å². The van der Waals surface area contributed by atoms with Gasteiger partial charge in [-0.2, -0.15) is 5.26 Å². The average molecular weight is 277 g/mol. The average Bonchev–Trinajstić information content (AvgIpc) is 2.84. The Bertz CT molecular complexity index is 602. The second-order valence-electron chi connectivity index (χ2n) is 3.61. The number of benzene rings is 1. The molecule has 1 aromatic carbocycles. The Morgan fingerprint density at radius 2 is 2.28 bits per heavy atom. The monoisotopic (exact) mass is 276 g/mol. The number of halogens is 1. The maximum atomic E-state index is 11.8. The minimum atomic E-state index is -0.121. The predicted octanol–water partition coefficient (Wildman–Crippen LogP) is 3.45. The van der Waals surface area contributed by atoms with Crippen LogP contribution >= 0.6 is 22.9 Å². The van der Waals surface area contributed by atoms with Crippen LogP contribution in [0.5, 0.6) is 0 Å². The van der Waals surface area contributed by atoms with E-state index >= 15 is 0 Å². The molecule has 0 saturated heterocycles. The van der Waals surface area contributed by atoms with Crippen LogP contribution in [0.2, 0.25) is 5.02 Å². The molecule has 3 nitrogen and oxygen atoms in total. The van der Waals surface area contributed by atoms with Crippen LogP contribution in [0.25, 0.3) is 0 Å². The fourth-order valence-corrected chi connectivity index (χ4v) is 2.38. The highest BCUT2D eigenvalue weighted by molar-refractivity contribution is 7.10. The quantitative estimate of drug-likeness (QED) is 0.933. The molecule has 90 valence electrons. The second kappa shape index (κ2) is 5.67. The third-order valence-electron chi connectivity index (χ3n) is 2.29. The van der Waals surface area contributed by atoms with Crippen LogP contribution in [0.3, 0.4) is 0 Å². The minimum Gasteiger partial charge on any atom is -0.324 e. The van der Waals surface area contributed by atoms with E-state index in [1.165, 1.54) is 17.4 Å². The molecule has 2 aromatic rings. The first-order valence-electron chi connectivity index (χ1n) is 5.21. The summed E-state index contributed by atoms with van der Waals surface area (Å²) in [4.78, 5) is 12.8. The van der Waals surface area contributed by atoms with Crippen molar-refractivity contribution in [3.05, 3.63) is 51.2 Å². The summed E-state index contributed by atoms with van der Waals surface area (Å²) in [6.07, 6.45) is 0.327. The van der Waals surface area contributed by atoms with Gasteiger partial charge >= 0.3 is 0 Å². The largest absolute Gasteiger partial charge is 0.324 e. The van der Waals surface area contributed by atoms with Crippen molar-refractivity contribution in [2.24, 2.45) is 0 Å². The lowest BCUT2D eigenvalue weighted by Gasteiger charge is -2.06. The number of hydrogen-bond donors (Lipinski definition) is 1. The summed E-state index contributed by atoms with van der Waals surface area (Å²) < 4.78 is 0. The third-order valence-corrected chi connectivity index (χ3v) is 3.48. The molecule has 0 bridgehead atoms. The zero-order valence-corrected chi connectivity index (χ0v) is 10.9. The van der Waals surface area contributed by atoms with Crippen molar-refractivity contribution in [1.29, 1.82) is 5.26 Å². The van der Waals surface area contributed by atoms with Crippen LogP contribution in [0.1, 0.15) is 10.4 Å². The summed E-state index contributed by atoms with van der Waals surface area (Å²) >= 11 is 7.51. The zero-order chi connectivity index (χ0) is 13.0. The number of amides is 1. The van der Waals surface area contributed by atoms with Gasteiger partial charge in [0.1, 0.15) is 0 Å². The number of nitrogens with one attached hydrogen (secondary N) is 1. The highest BCUT2D eigenvalue weighted by Gasteiger charge is 2.08. The van der Waals surface area contributed by atoms with Crippen LogP contribution in [-0.2, 0) is 11.2 Å². The zero-order valence-electron chi connectivity index (χ0n) is 9.31. The van der Waals surface area contributed by atoms with E-state index in [9.17, 15) is 4.79 Å². The van der Waals surface area contributed by atoms with Gasteiger partial charge in [-0.25, -0.2) is 0 Å². The summed E-state index contributed by atoms with van der Waals surface area (Å²) in [5.41, 5.74) is 0.994. The lowest BCUT2D eigenvalue weighted by atomic mass is 10.2. The molecule has 18 heavy (non-hydrogen) atoms. The molecule has 0 spiro atoms. The molecule has 0 saturated carbocycles. The number of rotatable bonds is 3. The highest BCUT2D eigenvalue weighted by Crippen LogP contribution is 2.23. The molecule has 1 heterocycles. The number of carbonyl (C=O) groups excluding carboxylic acids is 1. The lowest BCUT2D eigenvalue weighted by molar-refractivity contribution is -0.115. The first-order chi connectivity index (χ1) is 8.69. The Labute approximate surface area is 114 Å². The van der Waals surface area contributed by atoms with Gasteiger partial charge in [0.15, 0.2) is 0 Å². The third kappa shape index (κ3) is 3.10.